The van der Waals surface area contributed by atoms with Gasteiger partial charge in [-0.2, -0.15) is 4.98 Å². The highest BCUT2D eigenvalue weighted by atomic mass is 35.5. The Balaban J connectivity index is 1.30. The molecule has 32 heavy (non-hydrogen) atoms. The molecule has 1 amide bonds. The largest absolute Gasteiger partial charge is 0.362 e. The van der Waals surface area contributed by atoms with Gasteiger partial charge in [0.2, 0.25) is 5.95 Å². The molecule has 0 radical (unpaired) electrons. The molecule has 8 heteroatoms. The van der Waals surface area contributed by atoms with Gasteiger partial charge in [0.25, 0.3) is 5.91 Å². The van der Waals surface area contributed by atoms with E-state index in [1.54, 1.807) is 0 Å². The van der Waals surface area contributed by atoms with Crippen LogP contribution in [0.25, 0.3) is 0 Å². The van der Waals surface area contributed by atoms with Crippen molar-refractivity contribution in [3.05, 3.63) is 45.9 Å². The fraction of sp³-hybridized carbons (Fsp3) is 0.542. The van der Waals surface area contributed by atoms with E-state index in [1.807, 2.05) is 14.1 Å². The molecule has 1 heterocycles. The molecule has 0 aliphatic heterocycles. The van der Waals surface area contributed by atoms with Gasteiger partial charge in [-0.1, -0.05) is 11.6 Å². The van der Waals surface area contributed by atoms with Crippen molar-refractivity contribution in [1.29, 1.82) is 0 Å². The third kappa shape index (κ3) is 5.31. The quantitative estimate of drug-likeness (QED) is 0.659. The first kappa shape index (κ1) is 22.8. The number of aromatic nitrogens is 2. The van der Waals surface area contributed by atoms with Gasteiger partial charge in [0.1, 0.15) is 11.6 Å². The SMILES string of the molecule is CN(C)c1nc(N[C@H]2CC[C@@H](CNC(=O)c3ccc(F)cc3Cl)CC2)nc2c1CCCC2. The molecule has 2 aliphatic carbocycles. The molecular formula is C24H31ClFN5O. The molecule has 6 nitrogen and oxygen atoms in total. The minimum absolute atomic E-state index is 0.137. The van der Waals surface area contributed by atoms with E-state index in [1.165, 1.54) is 36.2 Å². The van der Waals surface area contributed by atoms with E-state index in [9.17, 15) is 9.18 Å². The summed E-state index contributed by atoms with van der Waals surface area (Å²) in [6.45, 7) is 0.597. The van der Waals surface area contributed by atoms with Crippen molar-refractivity contribution in [2.24, 2.45) is 5.92 Å². The maximum Gasteiger partial charge on any atom is 0.252 e. The van der Waals surface area contributed by atoms with Crippen molar-refractivity contribution >= 4 is 29.3 Å². The zero-order valence-corrected chi connectivity index (χ0v) is 19.5. The number of anilines is 2. The fourth-order valence-electron chi connectivity index (χ4n) is 4.71. The number of carbonyl (C=O) groups is 1. The predicted molar refractivity (Wildman–Crippen MR) is 126 cm³/mol. The number of amides is 1. The Morgan fingerprint density at radius 1 is 1.16 bits per heavy atom. The molecule has 2 aromatic rings. The molecule has 0 saturated heterocycles. The number of hydrogen-bond acceptors (Lipinski definition) is 5. The second-order valence-electron chi connectivity index (χ2n) is 9.09. The molecule has 1 saturated carbocycles. The lowest BCUT2D eigenvalue weighted by Gasteiger charge is -2.30. The van der Waals surface area contributed by atoms with E-state index < -0.39 is 5.82 Å². The number of benzene rings is 1. The highest BCUT2D eigenvalue weighted by molar-refractivity contribution is 6.33. The van der Waals surface area contributed by atoms with Gasteiger partial charge >= 0.3 is 0 Å². The number of hydrogen-bond donors (Lipinski definition) is 2. The van der Waals surface area contributed by atoms with Crippen LogP contribution in [0.3, 0.4) is 0 Å². The van der Waals surface area contributed by atoms with Gasteiger partial charge in [0.05, 0.1) is 16.3 Å². The molecule has 2 N–H and O–H groups in total. The molecule has 0 atom stereocenters. The van der Waals surface area contributed by atoms with Crippen LogP contribution in [-0.4, -0.2) is 42.6 Å². The number of fused-ring (bicyclic) bond motifs is 1. The van der Waals surface area contributed by atoms with E-state index in [0.717, 1.165) is 56.4 Å². The number of nitrogens with zero attached hydrogens (tertiary/aromatic N) is 3. The van der Waals surface area contributed by atoms with Crippen molar-refractivity contribution < 1.29 is 9.18 Å². The van der Waals surface area contributed by atoms with Crippen LogP contribution in [0.1, 0.15) is 60.1 Å². The first-order valence-electron chi connectivity index (χ1n) is 11.5. The molecule has 0 unspecified atom stereocenters. The van der Waals surface area contributed by atoms with Gasteiger partial charge in [-0.3, -0.25) is 4.79 Å². The Bertz CT molecular complexity index is 975. The molecule has 0 spiro atoms. The molecule has 0 bridgehead atoms. The average Bonchev–Trinajstić information content (AvgIpc) is 2.78. The maximum atomic E-state index is 13.2. The summed E-state index contributed by atoms with van der Waals surface area (Å²) in [5.74, 6) is 1.48. The lowest BCUT2D eigenvalue weighted by atomic mass is 9.86. The van der Waals surface area contributed by atoms with Crippen LogP contribution in [0.4, 0.5) is 16.2 Å². The van der Waals surface area contributed by atoms with E-state index in [0.29, 0.717) is 24.1 Å². The minimum Gasteiger partial charge on any atom is -0.362 e. The van der Waals surface area contributed by atoms with E-state index >= 15 is 0 Å². The zero-order chi connectivity index (χ0) is 22.7. The summed E-state index contributed by atoms with van der Waals surface area (Å²) in [5.41, 5.74) is 2.80. The Kier molecular flexibility index (Phi) is 7.13. The molecule has 2 aliphatic rings. The van der Waals surface area contributed by atoms with Crippen LogP contribution in [0.5, 0.6) is 0 Å². The first-order chi connectivity index (χ1) is 15.4. The van der Waals surface area contributed by atoms with Crippen LogP contribution < -0.4 is 15.5 Å². The van der Waals surface area contributed by atoms with Crippen molar-refractivity contribution in [3.63, 3.8) is 0 Å². The van der Waals surface area contributed by atoms with E-state index in [-0.39, 0.29) is 10.9 Å². The summed E-state index contributed by atoms with van der Waals surface area (Å²) < 4.78 is 13.2. The fourth-order valence-corrected chi connectivity index (χ4v) is 4.96. The van der Waals surface area contributed by atoms with Crippen LogP contribution in [0, 0.1) is 11.7 Å². The third-order valence-corrected chi connectivity index (χ3v) is 6.80. The van der Waals surface area contributed by atoms with E-state index in [4.69, 9.17) is 21.6 Å². The predicted octanol–water partition coefficient (Wildman–Crippen LogP) is 4.61. The number of nitrogens with one attached hydrogen (secondary N) is 2. The normalized spacial score (nSPS) is 20.4. The Hall–Kier alpha value is -2.41. The van der Waals surface area contributed by atoms with Gasteiger partial charge in [0.15, 0.2) is 0 Å². The van der Waals surface area contributed by atoms with Crippen LogP contribution in [0.15, 0.2) is 18.2 Å². The highest BCUT2D eigenvalue weighted by Gasteiger charge is 2.24. The molecule has 1 fully saturated rings. The number of halogens is 2. The Labute approximate surface area is 194 Å². The Morgan fingerprint density at radius 3 is 2.62 bits per heavy atom. The maximum absolute atomic E-state index is 13.2. The minimum atomic E-state index is -0.446. The number of carbonyl (C=O) groups excluding carboxylic acids is 1. The molecular weight excluding hydrogens is 429 g/mol. The molecule has 4 rings (SSSR count). The van der Waals surface area contributed by atoms with Gasteiger partial charge in [-0.15, -0.1) is 0 Å². The standard InChI is InChI=1S/C24H31ClFN5O/c1-31(2)22-19-5-3-4-6-21(19)29-24(30-22)28-17-10-7-15(8-11-17)14-27-23(32)18-12-9-16(26)13-20(18)25/h9,12-13,15,17H,3-8,10-11,14H2,1-2H3,(H,27,32)(H,28,29,30)/t15-,17+. The lowest BCUT2D eigenvalue weighted by molar-refractivity contribution is 0.0943. The van der Waals surface area contributed by atoms with Gasteiger partial charge in [0, 0.05) is 32.2 Å². The molecule has 1 aromatic heterocycles. The number of rotatable bonds is 6. The second kappa shape index (κ2) is 10.0. The summed E-state index contributed by atoms with van der Waals surface area (Å²) in [5, 5.41) is 6.65. The summed E-state index contributed by atoms with van der Waals surface area (Å²) in [6, 6.07) is 4.18. The third-order valence-electron chi connectivity index (χ3n) is 6.49. The Morgan fingerprint density at radius 2 is 1.91 bits per heavy atom. The molecule has 1 aromatic carbocycles. The number of aryl methyl sites for hydroxylation is 1. The van der Waals surface area contributed by atoms with Crippen molar-refractivity contribution in [1.82, 2.24) is 15.3 Å². The zero-order valence-electron chi connectivity index (χ0n) is 18.8. The van der Waals surface area contributed by atoms with Crippen molar-refractivity contribution in [3.8, 4) is 0 Å². The van der Waals surface area contributed by atoms with Gasteiger partial charge in [-0.25, -0.2) is 9.37 Å². The summed E-state index contributed by atoms with van der Waals surface area (Å²) >= 11 is 5.99. The van der Waals surface area contributed by atoms with Crippen LogP contribution in [0.2, 0.25) is 5.02 Å². The average molecular weight is 460 g/mol. The molecule has 172 valence electrons. The summed E-state index contributed by atoms with van der Waals surface area (Å²) in [6.07, 6.45) is 8.53. The monoisotopic (exact) mass is 459 g/mol. The summed E-state index contributed by atoms with van der Waals surface area (Å²) in [4.78, 5) is 24.1. The first-order valence-corrected chi connectivity index (χ1v) is 11.9. The lowest BCUT2D eigenvalue weighted by Crippen LogP contribution is -2.34. The smallest absolute Gasteiger partial charge is 0.252 e. The topological polar surface area (TPSA) is 70.2 Å². The van der Waals surface area contributed by atoms with Gasteiger partial charge < -0.3 is 15.5 Å². The van der Waals surface area contributed by atoms with Crippen LogP contribution in [-0.2, 0) is 12.8 Å². The van der Waals surface area contributed by atoms with Crippen molar-refractivity contribution in [2.45, 2.75) is 57.4 Å². The van der Waals surface area contributed by atoms with E-state index in [2.05, 4.69) is 15.5 Å². The second-order valence-corrected chi connectivity index (χ2v) is 9.50. The highest BCUT2D eigenvalue weighted by Crippen LogP contribution is 2.30. The van der Waals surface area contributed by atoms with Gasteiger partial charge in [-0.05, 0) is 75.5 Å². The summed E-state index contributed by atoms with van der Waals surface area (Å²) in [7, 11) is 4.08. The van der Waals surface area contributed by atoms with Crippen LogP contribution >= 0.6 is 11.6 Å². The van der Waals surface area contributed by atoms with Crippen molar-refractivity contribution in [2.75, 3.05) is 30.9 Å².